The van der Waals surface area contributed by atoms with Crippen LogP contribution in [0.25, 0.3) is 11.3 Å². The molecule has 3 N–H and O–H groups in total. The first kappa shape index (κ1) is 14.7. The Kier molecular flexibility index (Phi) is 3.76. The molecule has 0 unspecified atom stereocenters. The maximum atomic E-state index is 13.1. The Morgan fingerprint density at radius 2 is 2.09 bits per heavy atom. The molecule has 0 aliphatic carbocycles. The zero-order valence-electron chi connectivity index (χ0n) is 12.3. The van der Waals surface area contributed by atoms with Crippen molar-refractivity contribution in [1.29, 1.82) is 0 Å². The van der Waals surface area contributed by atoms with Crippen molar-refractivity contribution < 1.29 is 9.18 Å². The van der Waals surface area contributed by atoms with Gasteiger partial charge in [0.15, 0.2) is 0 Å². The van der Waals surface area contributed by atoms with E-state index in [1.54, 1.807) is 36.1 Å². The lowest BCUT2D eigenvalue weighted by molar-refractivity contribution is 0.102. The van der Waals surface area contributed by atoms with Crippen molar-refractivity contribution in [3.8, 4) is 11.3 Å². The molecule has 0 aliphatic rings. The number of carbonyl (C=O) groups is 1. The van der Waals surface area contributed by atoms with Crippen LogP contribution in [0.3, 0.4) is 0 Å². The highest BCUT2D eigenvalue weighted by Gasteiger charge is 2.11. The normalized spacial score (nSPS) is 10.5. The lowest BCUT2D eigenvalue weighted by Gasteiger charge is -2.08. The number of anilines is 2. The Labute approximate surface area is 131 Å². The van der Waals surface area contributed by atoms with E-state index in [1.807, 2.05) is 6.07 Å². The first-order chi connectivity index (χ1) is 11.0. The molecule has 0 saturated heterocycles. The predicted molar refractivity (Wildman–Crippen MR) is 85.2 cm³/mol. The zero-order chi connectivity index (χ0) is 16.4. The second kappa shape index (κ2) is 5.88. The number of halogens is 1. The van der Waals surface area contributed by atoms with Crippen LogP contribution in [0.5, 0.6) is 0 Å². The summed E-state index contributed by atoms with van der Waals surface area (Å²) in [6.07, 6.45) is 1.78. The fourth-order valence-electron chi connectivity index (χ4n) is 2.17. The molecule has 7 heteroatoms. The lowest BCUT2D eigenvalue weighted by Crippen LogP contribution is -2.14. The summed E-state index contributed by atoms with van der Waals surface area (Å²) in [5.74, 6) is -0.887. The summed E-state index contributed by atoms with van der Waals surface area (Å²) in [6.45, 7) is 0. The van der Waals surface area contributed by atoms with Crippen molar-refractivity contribution in [2.24, 2.45) is 7.05 Å². The molecule has 6 nitrogen and oxygen atoms in total. The van der Waals surface area contributed by atoms with Gasteiger partial charge in [-0.2, -0.15) is 0 Å². The molecule has 0 aliphatic heterocycles. The van der Waals surface area contributed by atoms with Crippen LogP contribution < -0.4 is 11.1 Å². The predicted octanol–water partition coefficient (Wildman–Crippen LogP) is 2.46. The van der Waals surface area contributed by atoms with Gasteiger partial charge in [-0.25, -0.2) is 4.39 Å². The smallest absolute Gasteiger partial charge is 0.257 e. The molecule has 0 atom stereocenters. The highest BCUT2D eigenvalue weighted by atomic mass is 19.1. The van der Waals surface area contributed by atoms with Crippen LogP contribution in [-0.2, 0) is 7.05 Å². The maximum Gasteiger partial charge on any atom is 0.257 e. The minimum Gasteiger partial charge on any atom is -0.398 e. The average molecular weight is 311 g/mol. The van der Waals surface area contributed by atoms with E-state index < -0.39 is 11.7 Å². The van der Waals surface area contributed by atoms with Gasteiger partial charge in [-0.05, 0) is 30.3 Å². The summed E-state index contributed by atoms with van der Waals surface area (Å²) in [5.41, 5.74) is 8.09. The molecule has 3 aromatic rings. The average Bonchev–Trinajstić information content (AvgIpc) is 2.94. The summed E-state index contributed by atoms with van der Waals surface area (Å²) in [5, 5.41) is 10.6. The van der Waals surface area contributed by atoms with Crippen LogP contribution in [0.2, 0.25) is 0 Å². The summed E-state index contributed by atoms with van der Waals surface area (Å²) in [7, 11) is 1.78. The molecule has 0 saturated carbocycles. The van der Waals surface area contributed by atoms with Gasteiger partial charge < -0.3 is 11.1 Å². The van der Waals surface area contributed by atoms with E-state index in [4.69, 9.17) is 5.73 Å². The molecule has 1 aromatic heterocycles. The van der Waals surface area contributed by atoms with Gasteiger partial charge in [-0.15, -0.1) is 5.10 Å². The number of hydrogen-bond donors (Lipinski definition) is 2. The molecule has 0 bridgehead atoms. The van der Waals surface area contributed by atoms with Gasteiger partial charge in [0.05, 0.1) is 11.8 Å². The van der Waals surface area contributed by atoms with Crippen LogP contribution in [0, 0.1) is 5.82 Å². The van der Waals surface area contributed by atoms with Crippen molar-refractivity contribution >= 4 is 17.3 Å². The summed E-state index contributed by atoms with van der Waals surface area (Å²) in [6, 6.07) is 10.9. The van der Waals surface area contributed by atoms with Crippen molar-refractivity contribution in [1.82, 2.24) is 15.0 Å². The number of nitrogens with zero attached hydrogens (tertiary/aromatic N) is 3. The number of amides is 1. The summed E-state index contributed by atoms with van der Waals surface area (Å²) < 4.78 is 14.7. The van der Waals surface area contributed by atoms with Gasteiger partial charge in [0, 0.05) is 24.0 Å². The highest BCUT2D eigenvalue weighted by Crippen LogP contribution is 2.21. The van der Waals surface area contributed by atoms with Gasteiger partial charge in [0.25, 0.3) is 5.91 Å². The van der Waals surface area contributed by atoms with Crippen LogP contribution in [0.1, 0.15) is 10.4 Å². The standard InChI is InChI=1S/C16H14FN5O/c1-22-9-15(20-21-22)10-3-2-4-12(7-10)19-16(23)13-6-5-11(17)8-14(13)18/h2-9H,18H2,1H3,(H,19,23). The number of nitrogen functional groups attached to an aromatic ring is 1. The fraction of sp³-hybridized carbons (Fsp3) is 0.0625. The summed E-state index contributed by atoms with van der Waals surface area (Å²) in [4.78, 5) is 12.3. The van der Waals surface area contributed by atoms with Crippen LogP contribution >= 0.6 is 0 Å². The molecular weight excluding hydrogens is 297 g/mol. The molecule has 0 fully saturated rings. The van der Waals surface area contributed by atoms with E-state index in [0.717, 1.165) is 11.6 Å². The molecule has 1 amide bonds. The minimum atomic E-state index is -0.483. The topological polar surface area (TPSA) is 85.8 Å². The quantitative estimate of drug-likeness (QED) is 0.728. The second-order valence-electron chi connectivity index (χ2n) is 5.04. The Hall–Kier alpha value is -3.22. The Morgan fingerprint density at radius 3 is 2.78 bits per heavy atom. The van der Waals surface area contributed by atoms with Gasteiger partial charge in [0.1, 0.15) is 11.5 Å². The SMILES string of the molecule is Cn1cc(-c2cccc(NC(=O)c3ccc(F)cc3N)c2)nn1. The first-order valence-corrected chi connectivity index (χ1v) is 6.86. The maximum absolute atomic E-state index is 13.1. The third-order valence-electron chi connectivity index (χ3n) is 3.28. The molecule has 0 radical (unpaired) electrons. The van der Waals surface area contributed by atoms with Gasteiger partial charge >= 0.3 is 0 Å². The number of aromatic nitrogens is 3. The van der Waals surface area contributed by atoms with Gasteiger partial charge in [-0.3, -0.25) is 9.48 Å². The lowest BCUT2D eigenvalue weighted by atomic mass is 10.1. The third kappa shape index (κ3) is 3.18. The van der Waals surface area contributed by atoms with Crippen molar-refractivity contribution in [3.05, 3.63) is 60.0 Å². The minimum absolute atomic E-state index is 0.0904. The number of aryl methyl sites for hydroxylation is 1. The van der Waals surface area contributed by atoms with Crippen LogP contribution in [0.15, 0.2) is 48.7 Å². The molecule has 2 aromatic carbocycles. The van der Waals surface area contributed by atoms with E-state index in [0.29, 0.717) is 11.4 Å². The first-order valence-electron chi connectivity index (χ1n) is 6.86. The van der Waals surface area contributed by atoms with Crippen molar-refractivity contribution in [2.75, 3.05) is 11.1 Å². The molecule has 1 heterocycles. The third-order valence-corrected chi connectivity index (χ3v) is 3.28. The van der Waals surface area contributed by atoms with Crippen molar-refractivity contribution in [2.45, 2.75) is 0 Å². The molecule has 3 rings (SSSR count). The van der Waals surface area contributed by atoms with E-state index in [-0.39, 0.29) is 11.3 Å². The fourth-order valence-corrected chi connectivity index (χ4v) is 2.17. The summed E-state index contributed by atoms with van der Waals surface area (Å²) >= 11 is 0. The zero-order valence-corrected chi connectivity index (χ0v) is 12.3. The molecule has 0 spiro atoms. The largest absolute Gasteiger partial charge is 0.398 e. The molecule has 23 heavy (non-hydrogen) atoms. The van der Waals surface area contributed by atoms with E-state index in [9.17, 15) is 9.18 Å². The van der Waals surface area contributed by atoms with Crippen LogP contribution in [0.4, 0.5) is 15.8 Å². The number of hydrogen-bond acceptors (Lipinski definition) is 4. The molecular formula is C16H14FN5O. The van der Waals surface area contributed by atoms with Gasteiger partial charge in [0.2, 0.25) is 0 Å². The number of nitrogens with one attached hydrogen (secondary N) is 1. The van der Waals surface area contributed by atoms with Crippen molar-refractivity contribution in [3.63, 3.8) is 0 Å². The number of nitrogens with two attached hydrogens (primary N) is 1. The van der Waals surface area contributed by atoms with E-state index >= 15 is 0 Å². The van der Waals surface area contributed by atoms with E-state index in [1.165, 1.54) is 12.1 Å². The Balaban J connectivity index is 1.84. The van der Waals surface area contributed by atoms with Crippen LogP contribution in [-0.4, -0.2) is 20.9 Å². The monoisotopic (exact) mass is 311 g/mol. The number of carbonyl (C=O) groups excluding carboxylic acids is 1. The van der Waals surface area contributed by atoms with E-state index in [2.05, 4.69) is 15.6 Å². The second-order valence-corrected chi connectivity index (χ2v) is 5.04. The number of benzene rings is 2. The van der Waals surface area contributed by atoms with Gasteiger partial charge in [-0.1, -0.05) is 17.3 Å². The number of rotatable bonds is 3. The Morgan fingerprint density at radius 1 is 1.26 bits per heavy atom. The Bertz CT molecular complexity index is 874. The molecule has 116 valence electrons. The highest BCUT2D eigenvalue weighted by molar-refractivity contribution is 6.07.